The van der Waals surface area contributed by atoms with E-state index in [9.17, 15) is 19.8 Å². The van der Waals surface area contributed by atoms with E-state index in [0.29, 0.717) is 6.08 Å². The molecule has 4 nitrogen and oxygen atoms in total. The summed E-state index contributed by atoms with van der Waals surface area (Å²) >= 11 is 0. The Kier molecular flexibility index (Phi) is 7.34. The predicted octanol–water partition coefficient (Wildman–Crippen LogP) is -2.56. The molecular weight excluding hydrogens is 160 g/mol. The Morgan fingerprint density at radius 1 is 1.36 bits per heavy atom. The van der Waals surface area contributed by atoms with Crippen molar-refractivity contribution in [2.75, 3.05) is 0 Å². The molecule has 0 N–H and O–H groups in total. The quantitative estimate of drug-likeness (QED) is 0.341. The predicted molar refractivity (Wildman–Crippen MR) is 34.1 cm³/mol. The number of hydrogen-bond acceptors (Lipinski definition) is 4. The molecule has 0 unspecified atom stereocenters. The van der Waals surface area contributed by atoms with Gasteiger partial charge in [0, 0.05) is 0 Å². The van der Waals surface area contributed by atoms with Gasteiger partial charge in [0.05, 0.1) is 11.9 Å². The maximum absolute atomic E-state index is 10.00. The van der Waals surface area contributed by atoms with Crippen LogP contribution in [-0.4, -0.2) is 35.0 Å². The Morgan fingerprint density at radius 2 is 1.82 bits per heavy atom. The third kappa shape index (κ3) is 5.87. The maximum Gasteiger partial charge on any atom is 2.00 e. The normalized spacial score (nSPS) is 10.1. The molecule has 0 saturated carbocycles. The molecule has 11 heavy (non-hydrogen) atoms. The van der Waals surface area contributed by atoms with Gasteiger partial charge in [-0.3, -0.25) is 0 Å². The van der Waals surface area contributed by atoms with E-state index in [0.717, 1.165) is 0 Å². The number of carbonyl (C=O) groups excluding carboxylic acids is 2. The molecule has 0 aliphatic rings. The molecule has 0 rings (SSSR count). The molecule has 0 spiro atoms. The van der Waals surface area contributed by atoms with Crippen LogP contribution in [0.4, 0.5) is 0 Å². The molecule has 0 bridgehead atoms. The molecule has 0 saturated heterocycles. The molecule has 5 heteroatoms. The molecule has 0 aromatic heterocycles. The van der Waals surface area contributed by atoms with Gasteiger partial charge in [0.2, 0.25) is 0 Å². The molecule has 56 valence electrons. The summed E-state index contributed by atoms with van der Waals surface area (Å²) in [6.07, 6.45) is 0.644. The van der Waals surface area contributed by atoms with Crippen LogP contribution in [0.2, 0.25) is 0 Å². The summed E-state index contributed by atoms with van der Waals surface area (Å²) in [6, 6.07) is 0. The minimum absolute atomic E-state index is 0. The Balaban J connectivity index is 0. The zero-order valence-corrected chi connectivity index (χ0v) is 7.54. The molecule has 0 radical (unpaired) electrons. The van der Waals surface area contributed by atoms with Crippen LogP contribution in [0.15, 0.2) is 11.6 Å². The van der Waals surface area contributed by atoms with Gasteiger partial charge in [-0.2, -0.15) is 0 Å². The first kappa shape index (κ1) is 13.1. The summed E-state index contributed by atoms with van der Waals surface area (Å²) < 4.78 is 0. The molecule has 0 atom stereocenters. The van der Waals surface area contributed by atoms with E-state index >= 15 is 0 Å². The van der Waals surface area contributed by atoms with Crippen molar-refractivity contribution in [3.8, 4) is 0 Å². The van der Waals surface area contributed by atoms with E-state index < -0.39 is 11.9 Å². The van der Waals surface area contributed by atoms with E-state index in [1.54, 1.807) is 0 Å². The van der Waals surface area contributed by atoms with Crippen LogP contribution >= 0.6 is 0 Å². The Bertz CT molecular complexity index is 185. The average molecular weight is 166 g/mol. The number of carboxylic acids is 2. The summed E-state index contributed by atoms with van der Waals surface area (Å²) in [7, 11) is 0. The second-order valence-corrected chi connectivity index (χ2v) is 1.63. The smallest absolute Gasteiger partial charge is 0.545 e. The zero-order valence-electron chi connectivity index (χ0n) is 6.12. The second kappa shape index (κ2) is 6.18. The Morgan fingerprint density at radius 3 is 1.91 bits per heavy atom. The van der Waals surface area contributed by atoms with Gasteiger partial charge in [-0.1, -0.05) is 6.92 Å². The topological polar surface area (TPSA) is 80.3 Å². The fourth-order valence-corrected chi connectivity index (χ4v) is 0.448. The molecule has 0 fully saturated rings. The monoisotopic (exact) mass is 166 g/mol. The zero-order chi connectivity index (χ0) is 8.15. The van der Waals surface area contributed by atoms with Crippen molar-refractivity contribution >= 4 is 35.0 Å². The van der Waals surface area contributed by atoms with Gasteiger partial charge in [-0.25, -0.2) is 0 Å². The fourth-order valence-electron chi connectivity index (χ4n) is 0.448. The van der Waals surface area contributed by atoms with Gasteiger partial charge in [-0.15, -0.1) is 0 Å². The fraction of sp³-hybridized carbons (Fsp3) is 0.333. The molecule has 0 aromatic carbocycles. The first-order chi connectivity index (χ1) is 4.57. The first-order valence-corrected chi connectivity index (χ1v) is 2.70. The number of rotatable bonds is 3. The third-order valence-corrected chi connectivity index (χ3v) is 0.935. The summed E-state index contributed by atoms with van der Waals surface area (Å²) in [5.41, 5.74) is -0.264. The van der Waals surface area contributed by atoms with E-state index in [1.807, 2.05) is 0 Å². The number of carboxylic acid groups (broad SMARTS) is 2. The maximum atomic E-state index is 10.00. The van der Waals surface area contributed by atoms with E-state index in [2.05, 4.69) is 0 Å². The van der Waals surface area contributed by atoms with Gasteiger partial charge < -0.3 is 19.8 Å². The summed E-state index contributed by atoms with van der Waals surface area (Å²) in [5, 5.41) is 19.8. The summed E-state index contributed by atoms with van der Waals surface area (Å²) in [4.78, 5) is 19.8. The van der Waals surface area contributed by atoms with Crippen molar-refractivity contribution in [1.29, 1.82) is 0 Å². The van der Waals surface area contributed by atoms with Crippen molar-refractivity contribution in [1.82, 2.24) is 0 Å². The second-order valence-electron chi connectivity index (χ2n) is 1.63. The van der Waals surface area contributed by atoms with Gasteiger partial charge in [0.15, 0.2) is 0 Å². The van der Waals surface area contributed by atoms with Crippen LogP contribution in [0.25, 0.3) is 0 Å². The van der Waals surface area contributed by atoms with Gasteiger partial charge in [-0.05, 0) is 18.1 Å². The van der Waals surface area contributed by atoms with Crippen LogP contribution in [0.1, 0.15) is 13.3 Å². The van der Waals surface area contributed by atoms with Crippen molar-refractivity contribution in [3.05, 3.63) is 11.6 Å². The van der Waals surface area contributed by atoms with Crippen LogP contribution < -0.4 is 10.2 Å². The molecule has 0 aliphatic heterocycles. The molecule has 0 heterocycles. The van der Waals surface area contributed by atoms with Crippen molar-refractivity contribution < 1.29 is 19.8 Å². The van der Waals surface area contributed by atoms with Crippen LogP contribution in [0.5, 0.6) is 0 Å². The number of carbonyl (C=O) groups is 2. The SMILES string of the molecule is CCC(=CC(=O)[O-])C(=O)[O-].[Mg+2]. The van der Waals surface area contributed by atoms with E-state index in [4.69, 9.17) is 0 Å². The molecular formula is C6H6MgO4. The number of aliphatic carboxylic acids is 2. The number of hydrogen-bond donors (Lipinski definition) is 0. The van der Waals surface area contributed by atoms with Crippen LogP contribution in [0, 0.1) is 0 Å². The summed E-state index contributed by atoms with van der Waals surface area (Å²) in [6.45, 7) is 1.52. The largest absolute Gasteiger partial charge is 2.00 e. The van der Waals surface area contributed by atoms with Crippen molar-refractivity contribution in [3.63, 3.8) is 0 Å². The summed E-state index contributed by atoms with van der Waals surface area (Å²) in [5.74, 6) is -2.98. The standard InChI is InChI=1S/C6H8O4.Mg/c1-2-4(6(9)10)3-5(7)8;/h3H,2H2,1H3,(H,7,8)(H,9,10);/q;+2/p-2. The average Bonchev–Trinajstić information content (AvgIpc) is 1.81. The first-order valence-electron chi connectivity index (χ1n) is 2.70. The van der Waals surface area contributed by atoms with Crippen LogP contribution in [0.3, 0.4) is 0 Å². The van der Waals surface area contributed by atoms with E-state index in [-0.39, 0.29) is 35.0 Å². The minimum atomic E-state index is -1.51. The van der Waals surface area contributed by atoms with Gasteiger partial charge >= 0.3 is 23.1 Å². The Labute approximate surface area is 80.1 Å². The molecule has 0 aliphatic carbocycles. The van der Waals surface area contributed by atoms with Gasteiger partial charge in [0.25, 0.3) is 0 Å². The molecule has 0 aromatic rings. The van der Waals surface area contributed by atoms with Crippen molar-refractivity contribution in [2.45, 2.75) is 13.3 Å². The van der Waals surface area contributed by atoms with Gasteiger partial charge in [0.1, 0.15) is 0 Å². The van der Waals surface area contributed by atoms with Crippen molar-refractivity contribution in [2.24, 2.45) is 0 Å². The Hall–Kier alpha value is -0.554. The minimum Gasteiger partial charge on any atom is -0.545 e. The van der Waals surface area contributed by atoms with Crippen LogP contribution in [-0.2, 0) is 9.59 Å². The third-order valence-electron chi connectivity index (χ3n) is 0.935. The van der Waals surface area contributed by atoms with E-state index in [1.165, 1.54) is 6.92 Å². The molecule has 0 amide bonds.